The lowest BCUT2D eigenvalue weighted by atomic mass is 10.0. The largest absolute Gasteiger partial charge is 0.392 e. The quantitative estimate of drug-likeness (QED) is 0.423. The van der Waals surface area contributed by atoms with Gasteiger partial charge in [0.25, 0.3) is 0 Å². The first kappa shape index (κ1) is 21.5. The predicted octanol–water partition coefficient (Wildman–Crippen LogP) is 3.12. The number of rotatable bonds is 6. The minimum absolute atomic E-state index is 0.0976. The molecule has 6 rings (SSSR count). The number of amides is 1. The van der Waals surface area contributed by atoms with Crippen LogP contribution in [0.1, 0.15) is 61.4 Å². The highest BCUT2D eigenvalue weighted by atomic mass is 32.1. The molecule has 3 aliphatic rings. The van der Waals surface area contributed by atoms with Crippen molar-refractivity contribution in [3.63, 3.8) is 0 Å². The summed E-state index contributed by atoms with van der Waals surface area (Å²) >= 11 is 1.40. The molecule has 0 spiro atoms. The van der Waals surface area contributed by atoms with Crippen LogP contribution in [-0.4, -0.2) is 54.9 Å². The first-order valence-electron chi connectivity index (χ1n) is 12.0. The summed E-state index contributed by atoms with van der Waals surface area (Å²) in [7, 11) is 0. The maximum absolute atomic E-state index is 13.0. The number of H-pyrrole nitrogens is 1. The van der Waals surface area contributed by atoms with E-state index in [-0.39, 0.29) is 11.9 Å². The summed E-state index contributed by atoms with van der Waals surface area (Å²) in [5.41, 5.74) is 2.91. The molecule has 0 aromatic carbocycles. The summed E-state index contributed by atoms with van der Waals surface area (Å²) in [4.78, 5) is 28.7. The third-order valence-corrected chi connectivity index (χ3v) is 7.75. The van der Waals surface area contributed by atoms with Crippen molar-refractivity contribution >= 4 is 40.0 Å². The molecule has 4 N–H and O–H groups in total. The van der Waals surface area contributed by atoms with Crippen LogP contribution in [0.4, 0.5) is 22.7 Å². The zero-order valence-corrected chi connectivity index (χ0v) is 19.6. The molecule has 4 heterocycles. The number of aromatic nitrogens is 5. The second-order valence-electron chi connectivity index (χ2n) is 9.35. The molecule has 0 bridgehead atoms. The van der Waals surface area contributed by atoms with Crippen molar-refractivity contribution in [1.29, 1.82) is 0 Å². The number of anilines is 4. The molecule has 11 heteroatoms. The lowest BCUT2D eigenvalue weighted by molar-refractivity contribution is -0.117. The van der Waals surface area contributed by atoms with Crippen LogP contribution in [0.2, 0.25) is 0 Å². The maximum atomic E-state index is 13.0. The fourth-order valence-electron chi connectivity index (χ4n) is 5.38. The van der Waals surface area contributed by atoms with Crippen molar-refractivity contribution in [2.24, 2.45) is 0 Å². The fourth-order valence-corrected chi connectivity index (χ4v) is 5.92. The van der Waals surface area contributed by atoms with Crippen LogP contribution >= 0.6 is 11.3 Å². The molecule has 2 aliphatic carbocycles. The van der Waals surface area contributed by atoms with Gasteiger partial charge in [0.2, 0.25) is 11.9 Å². The highest BCUT2D eigenvalue weighted by molar-refractivity contribution is 7.13. The first-order chi connectivity index (χ1) is 16.6. The highest BCUT2D eigenvalue weighted by Crippen LogP contribution is 2.36. The molecular formula is C23H28N8O2S. The monoisotopic (exact) mass is 480 g/mol. The Bertz CT molecular complexity index is 1170. The normalized spacial score (nSPS) is 22.3. The Morgan fingerprint density at radius 2 is 2.06 bits per heavy atom. The molecular weight excluding hydrogens is 452 g/mol. The Labute approximate surface area is 201 Å². The molecule has 10 nitrogen and oxygen atoms in total. The van der Waals surface area contributed by atoms with Gasteiger partial charge in [-0.2, -0.15) is 10.1 Å². The van der Waals surface area contributed by atoms with E-state index in [1.807, 2.05) is 10.3 Å². The van der Waals surface area contributed by atoms with E-state index in [0.29, 0.717) is 42.2 Å². The van der Waals surface area contributed by atoms with E-state index >= 15 is 0 Å². The van der Waals surface area contributed by atoms with Gasteiger partial charge in [0.05, 0.1) is 11.8 Å². The van der Waals surface area contributed by atoms with E-state index in [0.717, 1.165) is 35.6 Å². The SMILES string of the molecule is O=C(Nc1nccs1)[C@H]1CCCN1c1nc2c(c(Nc3cc(C4CCCC4)[nH]n3)n1)C[C@@H](O)C2. The van der Waals surface area contributed by atoms with Crippen molar-refractivity contribution < 1.29 is 9.90 Å². The standard InChI is InChI=1S/C23H28N8O2S/c32-14-10-15-17(11-14)25-22(31-8-3-6-18(31)21(33)28-23-24-7-9-34-23)27-20(15)26-19-12-16(29-30-19)13-4-1-2-5-13/h7,9,12-14,18,32H,1-6,8,10-11H2,(H,24,28,33)(H2,25,26,27,29,30)/t14-,18-/m1/s1. The van der Waals surface area contributed by atoms with Crippen LogP contribution in [0.5, 0.6) is 0 Å². The van der Waals surface area contributed by atoms with Crippen molar-refractivity contribution in [2.45, 2.75) is 69.4 Å². The topological polar surface area (TPSA) is 132 Å². The van der Waals surface area contributed by atoms with Crippen LogP contribution in [0.15, 0.2) is 17.6 Å². The molecule has 1 saturated heterocycles. The van der Waals surface area contributed by atoms with Gasteiger partial charge in [-0.15, -0.1) is 11.3 Å². The fraction of sp³-hybridized carbons (Fsp3) is 0.522. The minimum atomic E-state index is -0.476. The van der Waals surface area contributed by atoms with Gasteiger partial charge in [-0.05, 0) is 25.7 Å². The Kier molecular flexibility index (Phi) is 5.66. The van der Waals surface area contributed by atoms with E-state index in [2.05, 4.69) is 31.9 Å². The summed E-state index contributed by atoms with van der Waals surface area (Å²) < 4.78 is 0. The van der Waals surface area contributed by atoms with Gasteiger partial charge >= 0.3 is 0 Å². The molecule has 0 radical (unpaired) electrons. The van der Waals surface area contributed by atoms with Crippen LogP contribution in [-0.2, 0) is 17.6 Å². The Morgan fingerprint density at radius 3 is 2.88 bits per heavy atom. The number of carbonyl (C=O) groups is 1. The molecule has 2 fully saturated rings. The van der Waals surface area contributed by atoms with E-state index in [4.69, 9.17) is 9.97 Å². The lowest BCUT2D eigenvalue weighted by Crippen LogP contribution is -2.40. The minimum Gasteiger partial charge on any atom is -0.392 e. The van der Waals surface area contributed by atoms with Crippen molar-refractivity contribution in [2.75, 3.05) is 22.1 Å². The summed E-state index contributed by atoms with van der Waals surface area (Å²) in [6, 6.07) is 1.70. The van der Waals surface area contributed by atoms with Crippen LogP contribution < -0.4 is 15.5 Å². The summed E-state index contributed by atoms with van der Waals surface area (Å²) in [5, 5.41) is 26.7. The Hall–Kier alpha value is -3.05. The van der Waals surface area contributed by atoms with E-state index < -0.39 is 6.10 Å². The number of nitrogens with one attached hydrogen (secondary N) is 3. The van der Waals surface area contributed by atoms with Crippen molar-refractivity contribution in [3.8, 4) is 0 Å². The van der Waals surface area contributed by atoms with Gasteiger partial charge in [0.15, 0.2) is 10.9 Å². The van der Waals surface area contributed by atoms with Gasteiger partial charge < -0.3 is 20.6 Å². The second kappa shape index (κ2) is 8.95. The molecule has 1 aliphatic heterocycles. The number of thiazole rings is 1. The molecule has 34 heavy (non-hydrogen) atoms. The van der Waals surface area contributed by atoms with Crippen LogP contribution in [0, 0.1) is 0 Å². The third-order valence-electron chi connectivity index (χ3n) is 7.06. The summed E-state index contributed by atoms with van der Waals surface area (Å²) in [5.74, 6) is 2.33. The number of carbonyl (C=O) groups excluding carboxylic acids is 1. The number of aliphatic hydroxyl groups is 1. The second-order valence-corrected chi connectivity index (χ2v) is 10.2. The van der Waals surface area contributed by atoms with Gasteiger partial charge in [-0.1, -0.05) is 12.8 Å². The van der Waals surface area contributed by atoms with E-state index in [1.165, 1.54) is 37.0 Å². The lowest BCUT2D eigenvalue weighted by Gasteiger charge is -2.24. The van der Waals surface area contributed by atoms with Crippen molar-refractivity contribution in [1.82, 2.24) is 25.1 Å². The molecule has 178 valence electrons. The number of nitrogens with zero attached hydrogens (tertiary/aromatic N) is 5. The predicted molar refractivity (Wildman–Crippen MR) is 130 cm³/mol. The van der Waals surface area contributed by atoms with Crippen LogP contribution in [0.3, 0.4) is 0 Å². The maximum Gasteiger partial charge on any atom is 0.248 e. The zero-order valence-electron chi connectivity index (χ0n) is 18.8. The average molecular weight is 481 g/mol. The molecule has 3 aromatic heterocycles. The summed E-state index contributed by atoms with van der Waals surface area (Å²) in [6.07, 6.45) is 8.71. The Balaban J connectivity index is 1.27. The Morgan fingerprint density at radius 1 is 1.18 bits per heavy atom. The van der Waals surface area contributed by atoms with Crippen molar-refractivity contribution in [3.05, 3.63) is 34.6 Å². The molecule has 3 aromatic rings. The number of hydrogen-bond acceptors (Lipinski definition) is 9. The number of fused-ring (bicyclic) bond motifs is 1. The first-order valence-corrected chi connectivity index (χ1v) is 12.9. The van der Waals surface area contributed by atoms with Crippen LogP contribution in [0.25, 0.3) is 0 Å². The number of aromatic amines is 1. The molecule has 1 amide bonds. The van der Waals surface area contributed by atoms with Gasteiger partial charge in [0.1, 0.15) is 11.9 Å². The summed E-state index contributed by atoms with van der Waals surface area (Å²) in [6.45, 7) is 0.699. The molecule has 0 unspecified atom stereocenters. The number of hydrogen-bond donors (Lipinski definition) is 4. The van der Waals surface area contributed by atoms with Gasteiger partial charge in [-0.3, -0.25) is 9.89 Å². The van der Waals surface area contributed by atoms with Gasteiger partial charge in [0, 0.05) is 54.2 Å². The highest BCUT2D eigenvalue weighted by Gasteiger charge is 2.35. The van der Waals surface area contributed by atoms with Gasteiger partial charge in [-0.25, -0.2) is 9.97 Å². The van der Waals surface area contributed by atoms with E-state index in [1.54, 1.807) is 6.20 Å². The third kappa shape index (κ3) is 4.14. The molecule has 2 atom stereocenters. The number of aliphatic hydroxyl groups excluding tert-OH is 1. The smallest absolute Gasteiger partial charge is 0.248 e. The average Bonchev–Trinajstić information content (AvgIpc) is 3.64. The zero-order chi connectivity index (χ0) is 23.1. The van der Waals surface area contributed by atoms with E-state index in [9.17, 15) is 9.90 Å². The molecule has 1 saturated carbocycles.